The zero-order valence-electron chi connectivity index (χ0n) is 14.6. The molecule has 0 aliphatic carbocycles. The Morgan fingerprint density at radius 3 is 2.31 bits per heavy atom. The second-order valence-electron chi connectivity index (χ2n) is 5.92. The molecule has 156 valence electrons. The Kier molecular flexibility index (Phi) is 6.81. The molecule has 3 aromatic rings. The van der Waals surface area contributed by atoms with E-state index in [1.54, 1.807) is 0 Å². The largest absolute Gasteiger partial charge is 0.573 e. The fraction of sp³-hybridized carbons (Fsp3) is 0.222. The van der Waals surface area contributed by atoms with Gasteiger partial charge in [0.15, 0.2) is 0 Å². The fourth-order valence-electron chi connectivity index (χ4n) is 2.63. The Labute approximate surface area is 186 Å². The summed E-state index contributed by atoms with van der Waals surface area (Å²) in [6, 6.07) is 12.7. The van der Waals surface area contributed by atoms with Crippen LogP contribution in [0.5, 0.6) is 5.75 Å². The van der Waals surface area contributed by atoms with E-state index in [1.807, 2.05) is 24.3 Å². The van der Waals surface area contributed by atoms with Gasteiger partial charge in [0.25, 0.3) is 0 Å². The van der Waals surface area contributed by atoms with Gasteiger partial charge in [0.1, 0.15) is 10.8 Å². The number of sulfonamides is 1. The summed E-state index contributed by atoms with van der Waals surface area (Å²) in [5.41, 5.74) is 0.530. The van der Waals surface area contributed by atoms with Crippen molar-refractivity contribution in [2.24, 2.45) is 0 Å². The van der Waals surface area contributed by atoms with Crippen LogP contribution in [0.1, 0.15) is 5.56 Å². The predicted octanol–water partition coefficient (Wildman–Crippen LogP) is 6.29. The lowest BCUT2D eigenvalue weighted by Gasteiger charge is -2.23. The number of ether oxygens (including phenoxy) is 1. The molecule has 2 aromatic carbocycles. The maximum Gasteiger partial charge on any atom is 0.573 e. The highest BCUT2D eigenvalue weighted by Gasteiger charge is 2.31. The molecule has 3 rings (SSSR count). The maximum absolute atomic E-state index is 12.9. The second kappa shape index (κ2) is 8.83. The van der Waals surface area contributed by atoms with E-state index in [9.17, 15) is 21.6 Å². The molecular formula is C18H14Br2F3NO3S2. The van der Waals surface area contributed by atoms with E-state index in [0.717, 1.165) is 22.2 Å². The van der Waals surface area contributed by atoms with E-state index >= 15 is 0 Å². The van der Waals surface area contributed by atoms with Crippen LogP contribution in [0.3, 0.4) is 0 Å². The number of nitrogens with zero attached hydrogens (tertiary/aromatic N) is 1. The van der Waals surface area contributed by atoms with Crippen molar-refractivity contribution in [3.8, 4) is 5.75 Å². The van der Waals surface area contributed by atoms with Gasteiger partial charge in [-0.05, 0) is 39.7 Å². The molecule has 0 saturated carbocycles. The fourth-order valence-corrected chi connectivity index (χ4v) is 7.47. The summed E-state index contributed by atoms with van der Waals surface area (Å²) in [6.07, 6.45) is -4.78. The average Bonchev–Trinajstić information content (AvgIpc) is 2.96. The van der Waals surface area contributed by atoms with Crippen molar-refractivity contribution in [3.63, 3.8) is 0 Å². The van der Waals surface area contributed by atoms with E-state index in [4.69, 9.17) is 0 Å². The molecule has 0 fully saturated rings. The lowest BCUT2D eigenvalue weighted by Crippen LogP contribution is -2.32. The second-order valence-corrected chi connectivity index (χ2v) is 10.6. The number of anilines is 1. The lowest BCUT2D eigenvalue weighted by molar-refractivity contribution is -0.274. The van der Waals surface area contributed by atoms with Crippen LogP contribution >= 0.6 is 43.2 Å². The molecule has 0 radical (unpaired) electrons. The third-order valence-corrected chi connectivity index (χ3v) is 8.90. The van der Waals surface area contributed by atoms with Crippen LogP contribution in [0.2, 0.25) is 0 Å². The molecule has 0 unspecified atom stereocenters. The van der Waals surface area contributed by atoms with Crippen LogP contribution in [-0.4, -0.2) is 25.9 Å². The van der Waals surface area contributed by atoms with E-state index in [-0.39, 0.29) is 23.4 Å². The normalized spacial score (nSPS) is 12.3. The van der Waals surface area contributed by atoms with Crippen molar-refractivity contribution >= 4 is 68.3 Å². The highest BCUT2D eigenvalue weighted by atomic mass is 79.9. The standard InChI is InChI=1S/C18H14Br2F3NO3S2/c19-9-10-29(25,26)24(17-16(20)14-3-1-2-4-15(14)28-17)11-12-5-7-13(8-6-12)27-18(21,22)23/h1-8H,9-11H2. The zero-order chi connectivity index (χ0) is 21.2. The molecule has 0 N–H and O–H groups in total. The first-order valence-electron chi connectivity index (χ1n) is 8.19. The minimum absolute atomic E-state index is 0.0208. The molecule has 4 nitrogen and oxygen atoms in total. The van der Waals surface area contributed by atoms with Crippen LogP contribution in [-0.2, 0) is 16.6 Å². The predicted molar refractivity (Wildman–Crippen MR) is 116 cm³/mol. The monoisotopic (exact) mass is 571 g/mol. The van der Waals surface area contributed by atoms with Crippen LogP contribution < -0.4 is 9.04 Å². The number of benzene rings is 2. The van der Waals surface area contributed by atoms with E-state index < -0.39 is 16.4 Å². The molecule has 0 saturated heterocycles. The molecule has 1 heterocycles. The molecular weight excluding hydrogens is 559 g/mol. The molecule has 0 atom stereocenters. The summed E-state index contributed by atoms with van der Waals surface area (Å²) < 4.78 is 69.6. The van der Waals surface area contributed by atoms with Gasteiger partial charge in [-0.3, -0.25) is 4.31 Å². The first-order valence-corrected chi connectivity index (χ1v) is 12.5. The third kappa shape index (κ3) is 5.44. The molecule has 0 aliphatic heterocycles. The van der Waals surface area contributed by atoms with E-state index in [2.05, 4.69) is 36.6 Å². The van der Waals surface area contributed by atoms with Gasteiger partial charge >= 0.3 is 6.36 Å². The van der Waals surface area contributed by atoms with Crippen molar-refractivity contribution in [3.05, 3.63) is 58.6 Å². The molecule has 1 aromatic heterocycles. The Morgan fingerprint density at radius 1 is 1.07 bits per heavy atom. The Balaban J connectivity index is 1.97. The van der Waals surface area contributed by atoms with Gasteiger partial charge in [-0.25, -0.2) is 8.42 Å². The number of rotatable bonds is 7. The topological polar surface area (TPSA) is 46.6 Å². The maximum atomic E-state index is 12.9. The summed E-state index contributed by atoms with van der Waals surface area (Å²) in [4.78, 5) is 0. The minimum atomic E-state index is -4.78. The number of alkyl halides is 4. The molecule has 0 spiro atoms. The van der Waals surface area contributed by atoms with Gasteiger partial charge in [0.2, 0.25) is 10.0 Å². The Bertz CT molecular complexity index is 1100. The highest BCUT2D eigenvalue weighted by Crippen LogP contribution is 2.43. The van der Waals surface area contributed by atoms with Crippen molar-refractivity contribution in [1.29, 1.82) is 0 Å². The quantitative estimate of drug-likeness (QED) is 0.312. The van der Waals surface area contributed by atoms with Crippen LogP contribution in [0.15, 0.2) is 53.0 Å². The lowest BCUT2D eigenvalue weighted by atomic mass is 10.2. The number of fused-ring (bicyclic) bond motifs is 1. The third-order valence-electron chi connectivity index (χ3n) is 3.90. The zero-order valence-corrected chi connectivity index (χ0v) is 19.4. The van der Waals surface area contributed by atoms with E-state index in [0.29, 0.717) is 15.0 Å². The molecule has 0 aliphatic rings. The number of thiophene rings is 1. The van der Waals surface area contributed by atoms with Gasteiger partial charge < -0.3 is 4.74 Å². The van der Waals surface area contributed by atoms with Crippen molar-refractivity contribution in [2.45, 2.75) is 12.9 Å². The number of hydrogen-bond donors (Lipinski definition) is 0. The highest BCUT2D eigenvalue weighted by molar-refractivity contribution is 9.11. The van der Waals surface area contributed by atoms with Crippen LogP contribution in [0.4, 0.5) is 18.2 Å². The number of hydrogen-bond acceptors (Lipinski definition) is 4. The van der Waals surface area contributed by atoms with Gasteiger partial charge in [0, 0.05) is 15.4 Å². The van der Waals surface area contributed by atoms with Crippen molar-refractivity contribution < 1.29 is 26.3 Å². The van der Waals surface area contributed by atoms with Gasteiger partial charge in [-0.1, -0.05) is 46.3 Å². The van der Waals surface area contributed by atoms with Crippen LogP contribution in [0.25, 0.3) is 10.1 Å². The van der Waals surface area contributed by atoms with Gasteiger partial charge in [-0.2, -0.15) is 0 Å². The number of halogens is 5. The van der Waals surface area contributed by atoms with Crippen molar-refractivity contribution in [2.75, 3.05) is 15.4 Å². The smallest absolute Gasteiger partial charge is 0.406 e. The Morgan fingerprint density at radius 2 is 1.72 bits per heavy atom. The summed E-state index contributed by atoms with van der Waals surface area (Å²) >= 11 is 7.99. The summed E-state index contributed by atoms with van der Waals surface area (Å²) in [6.45, 7) is -0.0208. The first kappa shape index (κ1) is 22.4. The SMILES string of the molecule is O=S(=O)(CCBr)N(Cc1ccc(OC(F)(F)F)cc1)c1sc2ccccc2c1Br. The van der Waals surface area contributed by atoms with Gasteiger partial charge in [-0.15, -0.1) is 24.5 Å². The summed E-state index contributed by atoms with van der Waals surface area (Å²) in [5, 5.41) is 1.66. The molecule has 29 heavy (non-hydrogen) atoms. The molecule has 11 heteroatoms. The molecule has 0 amide bonds. The van der Waals surface area contributed by atoms with Crippen molar-refractivity contribution in [1.82, 2.24) is 0 Å². The first-order chi connectivity index (χ1) is 13.6. The summed E-state index contributed by atoms with van der Waals surface area (Å²) in [5.74, 6) is -0.484. The summed E-state index contributed by atoms with van der Waals surface area (Å²) in [7, 11) is -3.68. The van der Waals surface area contributed by atoms with Crippen LogP contribution in [0, 0.1) is 0 Å². The minimum Gasteiger partial charge on any atom is -0.406 e. The Hall–Kier alpha value is -1.30. The van der Waals surface area contributed by atoms with Gasteiger partial charge in [0.05, 0.1) is 16.8 Å². The van der Waals surface area contributed by atoms with E-state index in [1.165, 1.54) is 27.8 Å². The average molecular weight is 573 g/mol. The molecule has 0 bridgehead atoms.